The zero-order valence-corrected chi connectivity index (χ0v) is 47.8. The van der Waals surface area contributed by atoms with E-state index in [1.807, 2.05) is 12.3 Å². The van der Waals surface area contributed by atoms with Crippen LogP contribution in [0.3, 0.4) is 0 Å². The van der Waals surface area contributed by atoms with Gasteiger partial charge in [0.05, 0.1) is 0 Å². The van der Waals surface area contributed by atoms with E-state index in [4.69, 9.17) is 9.72 Å². The van der Waals surface area contributed by atoms with E-state index in [2.05, 4.69) is 295 Å². The molecule has 0 N–H and O–H groups in total. The molecule has 11 aromatic rings. The zero-order valence-electron chi connectivity index (χ0n) is 45.5. The van der Waals surface area contributed by atoms with Crippen LogP contribution in [0.2, 0.25) is 0 Å². The van der Waals surface area contributed by atoms with Gasteiger partial charge in [0.1, 0.15) is 5.82 Å². The van der Waals surface area contributed by atoms with Crippen molar-refractivity contribution in [3.8, 4) is 39.6 Å². The van der Waals surface area contributed by atoms with Gasteiger partial charge in [0, 0.05) is 72.2 Å². The Balaban J connectivity index is 0.00000645. The molecule has 0 bridgehead atoms. The first-order valence-electron chi connectivity index (χ1n) is 27.0. The maximum Gasteiger partial charge on any atom is 0.135 e. The van der Waals surface area contributed by atoms with E-state index >= 15 is 0 Å². The first-order valence-corrected chi connectivity index (χ1v) is 27.0. The van der Waals surface area contributed by atoms with E-state index < -0.39 is 0 Å². The summed E-state index contributed by atoms with van der Waals surface area (Å²) >= 11 is 0. The van der Waals surface area contributed by atoms with Crippen molar-refractivity contribution in [2.75, 3.05) is 9.80 Å². The Morgan fingerprint density at radius 1 is 0.474 bits per heavy atom. The fourth-order valence-corrected chi connectivity index (χ4v) is 11.4. The van der Waals surface area contributed by atoms with Gasteiger partial charge in [0.25, 0.3) is 0 Å². The smallest absolute Gasteiger partial charge is 0.135 e. The van der Waals surface area contributed by atoms with E-state index in [9.17, 15) is 0 Å². The molecule has 0 saturated heterocycles. The van der Waals surface area contributed by atoms with Crippen LogP contribution in [-0.2, 0) is 31.9 Å². The van der Waals surface area contributed by atoms with Crippen LogP contribution in [0.25, 0.3) is 49.9 Å². The van der Waals surface area contributed by atoms with Crippen LogP contribution in [0.1, 0.15) is 101 Å². The minimum Gasteiger partial charge on any atom is -0.509 e. The normalized spacial score (nSPS) is 12.6. The molecule has 3 heterocycles. The topological polar surface area (TPSA) is 33.5 Å². The molecule has 6 heteroatoms. The van der Waals surface area contributed by atoms with Gasteiger partial charge < -0.3 is 19.1 Å². The third-order valence-corrected chi connectivity index (χ3v) is 15.9. The van der Waals surface area contributed by atoms with E-state index in [-0.39, 0.29) is 43.7 Å². The second-order valence-corrected chi connectivity index (χ2v) is 22.1. The van der Waals surface area contributed by atoms with Gasteiger partial charge in [-0.15, -0.1) is 53.6 Å². The molecular formula is C72H63N4OPt-3. The largest absolute Gasteiger partial charge is 0.509 e. The standard InChI is InChI=1S/C72H63N4O.Pt/c1-48(2)61-30-22-31-62(49(3)4)70(61)52-41-58(75-47-74(66-33-20-21-34-67(66)75)57-40-51(50-23-12-9-13-24-50)39-56(43-57)72(7,8)54-27-16-11-17-28-54)45-60(42-52)77-59-35-36-64-63-29-18-19-32-65(63)76(68(64)46-59)69-44-55(37-38-73-69)71(5,6)53-25-14-10-15-26-53;/h9-44,47-49H,1-8H3;/q-3;. The molecule has 78 heavy (non-hydrogen) atoms. The number of nitrogens with zero attached hydrogens (tertiary/aromatic N) is 4. The molecule has 0 spiro atoms. The Bertz CT molecular complexity index is 3930. The molecule has 0 aliphatic carbocycles. The van der Waals surface area contributed by atoms with E-state index in [0.29, 0.717) is 11.5 Å². The van der Waals surface area contributed by atoms with Crippen molar-refractivity contribution in [1.29, 1.82) is 0 Å². The number of hydrogen-bond donors (Lipinski definition) is 0. The van der Waals surface area contributed by atoms with Crippen molar-refractivity contribution in [1.82, 2.24) is 9.55 Å². The first kappa shape index (κ1) is 52.1. The molecular weight excluding hydrogens is 1130 g/mol. The molecule has 0 fully saturated rings. The molecule has 9 aromatic carbocycles. The number of aromatic nitrogens is 2. The van der Waals surface area contributed by atoms with Gasteiger partial charge in [-0.3, -0.25) is 0 Å². The minimum absolute atomic E-state index is 0. The van der Waals surface area contributed by atoms with E-state index in [1.165, 1.54) is 44.5 Å². The molecule has 5 nitrogen and oxygen atoms in total. The number of benzene rings is 9. The van der Waals surface area contributed by atoms with Crippen LogP contribution in [0, 0.1) is 18.8 Å². The summed E-state index contributed by atoms with van der Waals surface area (Å²) in [5.74, 6) is 2.57. The second-order valence-electron chi connectivity index (χ2n) is 22.1. The van der Waals surface area contributed by atoms with Crippen LogP contribution >= 0.6 is 0 Å². The quantitative estimate of drug-likeness (QED) is 0.108. The summed E-state index contributed by atoms with van der Waals surface area (Å²) in [4.78, 5) is 9.64. The number of rotatable bonds is 13. The fourth-order valence-electron chi connectivity index (χ4n) is 11.4. The molecule has 1 aliphatic heterocycles. The van der Waals surface area contributed by atoms with Crippen molar-refractivity contribution in [3.05, 3.63) is 271 Å². The third kappa shape index (κ3) is 9.53. The van der Waals surface area contributed by atoms with Gasteiger partial charge in [-0.25, -0.2) is 4.98 Å². The molecule has 0 radical (unpaired) electrons. The Labute approximate surface area is 475 Å². The van der Waals surface area contributed by atoms with Gasteiger partial charge in [0.15, 0.2) is 0 Å². The van der Waals surface area contributed by atoms with Gasteiger partial charge >= 0.3 is 0 Å². The van der Waals surface area contributed by atoms with Crippen molar-refractivity contribution < 1.29 is 25.8 Å². The maximum atomic E-state index is 7.13. The van der Waals surface area contributed by atoms with Gasteiger partial charge in [-0.05, 0) is 110 Å². The summed E-state index contributed by atoms with van der Waals surface area (Å²) in [6, 6.07) is 83.8. The monoisotopic (exact) mass is 1190 g/mol. The fraction of sp³-hybridized carbons (Fsp3) is 0.167. The van der Waals surface area contributed by atoms with Crippen molar-refractivity contribution >= 4 is 44.6 Å². The summed E-state index contributed by atoms with van der Waals surface area (Å²) in [6.45, 7) is 20.6. The SMILES string of the molecule is CC(C)c1cccc(C(C)C)c1-c1cc(Oc2[c-]c3c(cc2)c2ccccc2n3-c2cc(C(C)(C)c3ccccc3)ccn2)[c-]c(N2[CH-]N(c3cc(-c4ccccc4)cc(C(C)(C)c4ccccc4)c3)c3ccccc32)c1.[Pt]. The summed E-state index contributed by atoms with van der Waals surface area (Å²) in [6.07, 6.45) is 1.93. The van der Waals surface area contributed by atoms with Crippen LogP contribution in [0.15, 0.2) is 219 Å². The summed E-state index contributed by atoms with van der Waals surface area (Å²) in [5, 5.41) is 2.20. The average Bonchev–Trinajstić information content (AvgIpc) is 4.23. The first-order chi connectivity index (χ1) is 37.3. The van der Waals surface area contributed by atoms with Crippen LogP contribution in [0.5, 0.6) is 11.5 Å². The van der Waals surface area contributed by atoms with Gasteiger partial charge in [0.2, 0.25) is 0 Å². The van der Waals surface area contributed by atoms with Crippen molar-refractivity contribution in [2.45, 2.75) is 78.1 Å². The number of fused-ring (bicyclic) bond motifs is 4. The summed E-state index contributed by atoms with van der Waals surface area (Å²) < 4.78 is 9.36. The predicted molar refractivity (Wildman–Crippen MR) is 320 cm³/mol. The molecule has 1 aliphatic rings. The van der Waals surface area contributed by atoms with E-state index in [0.717, 1.165) is 61.5 Å². The predicted octanol–water partition coefficient (Wildman–Crippen LogP) is 19.2. The average molecular weight is 1200 g/mol. The molecule has 0 amide bonds. The van der Waals surface area contributed by atoms with Gasteiger partial charge in [-0.1, -0.05) is 206 Å². The van der Waals surface area contributed by atoms with Crippen LogP contribution < -0.4 is 14.5 Å². The Morgan fingerprint density at radius 2 is 1.08 bits per heavy atom. The molecule has 390 valence electrons. The maximum absolute atomic E-state index is 7.13. The van der Waals surface area contributed by atoms with E-state index in [1.54, 1.807) is 0 Å². The molecule has 2 aromatic heterocycles. The van der Waals surface area contributed by atoms with Gasteiger partial charge in [-0.2, -0.15) is 6.07 Å². The molecule has 12 rings (SSSR count). The number of hydrogen-bond acceptors (Lipinski definition) is 4. The summed E-state index contributed by atoms with van der Waals surface area (Å²) in [5.41, 5.74) is 17.6. The zero-order chi connectivity index (χ0) is 53.0. The number of anilines is 4. The van der Waals surface area contributed by atoms with Crippen molar-refractivity contribution in [3.63, 3.8) is 0 Å². The Kier molecular flexibility index (Phi) is 14.1. The Morgan fingerprint density at radius 3 is 1.74 bits per heavy atom. The number of pyridine rings is 1. The minimum atomic E-state index is -0.278. The van der Waals surface area contributed by atoms with Crippen LogP contribution in [0.4, 0.5) is 22.7 Å². The second kappa shape index (κ2) is 21.1. The molecule has 0 saturated carbocycles. The van der Waals surface area contributed by atoms with Crippen molar-refractivity contribution in [2.24, 2.45) is 0 Å². The van der Waals surface area contributed by atoms with Crippen LogP contribution in [-0.4, -0.2) is 9.55 Å². The number of ether oxygens (including phenoxy) is 1. The molecule has 0 atom stereocenters. The number of para-hydroxylation sites is 3. The summed E-state index contributed by atoms with van der Waals surface area (Å²) in [7, 11) is 0. The third-order valence-electron chi connectivity index (χ3n) is 15.9. The Hall–Kier alpha value is -7.98. The molecule has 0 unspecified atom stereocenters.